The molecule has 0 aliphatic carbocycles. The van der Waals surface area contributed by atoms with Crippen molar-refractivity contribution in [3.8, 4) is 11.5 Å². The van der Waals surface area contributed by atoms with E-state index in [1.165, 1.54) is 10.8 Å². The van der Waals surface area contributed by atoms with Gasteiger partial charge in [0.15, 0.2) is 0 Å². The first-order valence-electron chi connectivity index (χ1n) is 13.4. The topological polar surface area (TPSA) is 38.7 Å². The Kier molecular flexibility index (Phi) is 9.46. The summed E-state index contributed by atoms with van der Waals surface area (Å²) >= 11 is 0. The van der Waals surface area contributed by atoms with Crippen LogP contribution in [0.25, 0.3) is 64.6 Å². The van der Waals surface area contributed by atoms with Gasteiger partial charge in [0.05, 0.1) is 8.41 Å². The molecule has 1 N–H and O–H groups in total. The monoisotopic (exact) mass is 576 g/mol. The first-order chi connectivity index (χ1) is 19.7. The number of hydrogen-bond donors (Lipinski definition) is 1. The van der Waals surface area contributed by atoms with E-state index < -0.39 is 7.32 Å². The van der Waals surface area contributed by atoms with E-state index in [0.717, 1.165) is 53.9 Å². The van der Waals surface area contributed by atoms with Crippen molar-refractivity contribution < 1.29 is 14.3 Å². The zero-order valence-electron chi connectivity index (χ0n) is 21.5. The van der Waals surface area contributed by atoms with Gasteiger partial charge >= 0.3 is 66.4 Å². The Hall–Kier alpha value is -2.99. The molecule has 0 spiro atoms. The molecule has 7 heteroatoms. The molecule has 43 heavy (non-hydrogen) atoms. The molecule has 0 atom stereocenters. The third-order valence-corrected chi connectivity index (χ3v) is 7.83. The van der Waals surface area contributed by atoms with Gasteiger partial charge in [-0.3, -0.25) is 0 Å². The van der Waals surface area contributed by atoms with Gasteiger partial charge in [-0.15, -0.1) is 0 Å². The fourth-order valence-corrected chi connectivity index (χ4v) is 5.97. The Morgan fingerprint density at radius 2 is 0.744 bits per heavy atom. The molecule has 0 bridgehead atoms. The van der Waals surface area contributed by atoms with Gasteiger partial charge < -0.3 is 14.3 Å². The van der Waals surface area contributed by atoms with Gasteiger partial charge in [-0.25, -0.2) is 0 Å². The molecule has 0 saturated carbocycles. The second-order valence-corrected chi connectivity index (χ2v) is 10.2. The molecule has 0 aliphatic heterocycles. The Morgan fingerprint density at radius 1 is 0.395 bits per heavy atom. The van der Waals surface area contributed by atoms with E-state index in [0.29, 0.717) is 11.5 Å². The van der Waals surface area contributed by atoms with Crippen LogP contribution in [0.3, 0.4) is 0 Å². The predicted molar refractivity (Wildman–Crippen MR) is 191 cm³/mol. The van der Waals surface area contributed by atoms with E-state index in [2.05, 4.69) is 97.1 Å². The van der Waals surface area contributed by atoms with E-state index in [9.17, 15) is 5.02 Å². The summed E-state index contributed by atoms with van der Waals surface area (Å²) in [4.78, 5) is 0. The van der Waals surface area contributed by atoms with E-state index in [4.69, 9.17) is 9.31 Å². The summed E-state index contributed by atoms with van der Waals surface area (Å²) in [5.41, 5.74) is 0. The van der Waals surface area contributed by atoms with Gasteiger partial charge in [0.2, 0.25) is 0 Å². The maximum atomic E-state index is 11.1. The average molecular weight is 576 g/mol. The van der Waals surface area contributed by atoms with Crippen LogP contribution < -0.4 is 9.31 Å². The molecular weight excluding hydrogens is 548 g/mol. The van der Waals surface area contributed by atoms with Gasteiger partial charge in [0.1, 0.15) is 11.5 Å². The number of fused-ring (bicyclic) bond motifs is 8. The molecule has 0 radical (unpaired) electrons. The molecule has 0 fully saturated rings. The molecule has 0 heterocycles. The fraction of sp³-hybridized carbons (Fsp3) is 0. The van der Waals surface area contributed by atoms with Gasteiger partial charge in [0.25, 0.3) is 0 Å². The molecule has 198 valence electrons. The van der Waals surface area contributed by atoms with Crippen molar-refractivity contribution in [2.75, 3.05) is 0 Å². The first-order valence-corrected chi connectivity index (χ1v) is 13.4. The molecule has 0 saturated heterocycles. The van der Waals surface area contributed by atoms with Crippen LogP contribution in [0, 0.1) is 0 Å². The van der Waals surface area contributed by atoms with Crippen molar-refractivity contribution in [3.63, 3.8) is 0 Å². The third kappa shape index (κ3) is 5.68. The van der Waals surface area contributed by atoms with Crippen LogP contribution in [0.5, 0.6) is 11.5 Å². The summed E-state index contributed by atoms with van der Waals surface area (Å²) in [5, 5.41) is 24.2. The molecule has 8 aromatic carbocycles. The number of rotatable bonds is 4. The van der Waals surface area contributed by atoms with Crippen molar-refractivity contribution in [1.82, 2.24) is 0 Å². The molecular formula is C36H28B2Na2O3. The zero-order chi connectivity index (χ0) is 26.6. The van der Waals surface area contributed by atoms with Crippen LogP contribution >= 0.6 is 0 Å². The van der Waals surface area contributed by atoms with E-state index >= 15 is 0 Å². The quantitative estimate of drug-likeness (QED) is 0.147. The summed E-state index contributed by atoms with van der Waals surface area (Å²) in [6.45, 7) is 0. The normalized spacial score (nSPS) is 10.8. The Labute approximate surface area is 296 Å². The Bertz CT molecular complexity index is 2110. The van der Waals surface area contributed by atoms with Crippen LogP contribution in [0.2, 0.25) is 0 Å². The van der Waals surface area contributed by atoms with Crippen molar-refractivity contribution >= 4 is 139 Å². The van der Waals surface area contributed by atoms with Crippen LogP contribution in [-0.4, -0.2) is 79.9 Å². The summed E-state index contributed by atoms with van der Waals surface area (Å²) in [6, 6.07) is 45.6. The van der Waals surface area contributed by atoms with Gasteiger partial charge in [-0.2, -0.15) is 0 Å². The minimum atomic E-state index is -1.50. The molecule has 8 aromatic rings. The van der Waals surface area contributed by atoms with Crippen LogP contribution in [0.4, 0.5) is 0 Å². The molecule has 0 aromatic heterocycles. The SMILES string of the molecule is B.OB(Oc1cccc2ccc3cc4ccccc4cc3c12)Oc1cccc2ccc3cc4ccccc4cc3c12.[NaH].[NaH]. The predicted octanol–water partition coefficient (Wildman–Crippen LogP) is 6.56. The molecule has 3 nitrogen and oxygen atoms in total. The van der Waals surface area contributed by atoms with Crippen molar-refractivity contribution in [2.45, 2.75) is 0 Å². The molecule has 0 amide bonds. The van der Waals surface area contributed by atoms with Crippen LogP contribution in [0.1, 0.15) is 0 Å². The van der Waals surface area contributed by atoms with Crippen LogP contribution in [-0.2, 0) is 0 Å². The summed E-state index contributed by atoms with van der Waals surface area (Å²) in [6.07, 6.45) is 0. The van der Waals surface area contributed by atoms with Crippen molar-refractivity contribution in [1.29, 1.82) is 0 Å². The minimum absolute atomic E-state index is 0. The summed E-state index contributed by atoms with van der Waals surface area (Å²) in [7, 11) is -1.50. The van der Waals surface area contributed by atoms with Gasteiger partial charge in [-0.1, -0.05) is 97.1 Å². The van der Waals surface area contributed by atoms with E-state index in [-0.39, 0.29) is 67.5 Å². The summed E-state index contributed by atoms with van der Waals surface area (Å²) in [5.74, 6) is 1.14. The molecule has 0 unspecified atom stereocenters. The molecule has 8 rings (SSSR count). The third-order valence-electron chi connectivity index (χ3n) is 7.83. The van der Waals surface area contributed by atoms with Crippen molar-refractivity contribution in [2.24, 2.45) is 0 Å². The average Bonchev–Trinajstić information content (AvgIpc) is 2.99. The van der Waals surface area contributed by atoms with E-state index in [1.54, 1.807) is 0 Å². The van der Waals surface area contributed by atoms with E-state index in [1.807, 2.05) is 36.4 Å². The van der Waals surface area contributed by atoms with Gasteiger partial charge in [-0.05, 0) is 90.3 Å². The maximum absolute atomic E-state index is 11.1. The Morgan fingerprint density at radius 3 is 1.16 bits per heavy atom. The number of hydrogen-bond acceptors (Lipinski definition) is 3. The molecule has 0 aliphatic rings. The fourth-order valence-electron chi connectivity index (χ4n) is 5.97. The van der Waals surface area contributed by atoms with Crippen LogP contribution in [0.15, 0.2) is 133 Å². The number of benzene rings is 8. The second-order valence-electron chi connectivity index (χ2n) is 10.2. The second kappa shape index (κ2) is 12.9. The van der Waals surface area contributed by atoms with Gasteiger partial charge in [0, 0.05) is 10.8 Å². The standard InChI is InChI=1S/C36H23BO3.BH3.2Na.2H/c38-37(39-33-13-5-11-23-15-17-29-19-25-7-1-3-9-27(25)21-31(29)35(23)33)40-34-14-6-12-24-16-18-30-20-26-8-2-4-10-28(26)22-32(30)36(24)34;;;;;/h1-22,38H;1H3;;;;. The van der Waals surface area contributed by atoms with Crippen molar-refractivity contribution in [3.05, 3.63) is 133 Å². The summed E-state index contributed by atoms with van der Waals surface area (Å²) < 4.78 is 12.2. The Balaban J connectivity index is 0.00000123. The zero-order valence-corrected chi connectivity index (χ0v) is 21.5. The first kappa shape index (κ1) is 31.4.